The van der Waals surface area contributed by atoms with Crippen LogP contribution < -0.4 is 0 Å². The van der Waals surface area contributed by atoms with Crippen LogP contribution in [0, 0.1) is 0 Å². The Morgan fingerprint density at radius 3 is 0.853 bits per heavy atom. The molecule has 0 aliphatic heterocycles. The molecule has 0 spiro atoms. The van der Waals surface area contributed by atoms with Gasteiger partial charge in [0.15, 0.2) is 5.82 Å². The Kier molecular flexibility index (Phi) is 12.6. The van der Waals surface area contributed by atoms with E-state index in [-0.39, 0.29) is 0 Å². The summed E-state index contributed by atoms with van der Waals surface area (Å²) >= 11 is 5.57. The predicted octanol–water partition coefficient (Wildman–Crippen LogP) is 26.9. The summed E-state index contributed by atoms with van der Waals surface area (Å²) in [5.74, 6) is 0.644. The highest BCUT2D eigenvalue weighted by Gasteiger charge is 2.21. The molecule has 0 bridgehead atoms. The van der Waals surface area contributed by atoms with Gasteiger partial charge in [-0.25, -0.2) is 9.97 Å². The quantitative estimate of drug-likeness (QED) is 0.144. The van der Waals surface area contributed by atoms with Gasteiger partial charge in [0.2, 0.25) is 0 Å². The molecule has 22 aromatic rings. The van der Waals surface area contributed by atoms with Crippen molar-refractivity contribution in [3.8, 4) is 84.3 Å². The molecule has 0 N–H and O–H groups in total. The third-order valence-electron chi connectivity index (χ3n) is 21.1. The number of benzene rings is 15. The van der Waals surface area contributed by atoms with Crippen LogP contribution in [0.25, 0.3) is 210 Å². The third-order valence-corrected chi connectivity index (χ3v) is 24.5. The van der Waals surface area contributed by atoms with Crippen molar-refractivity contribution < 1.29 is 0 Å². The van der Waals surface area contributed by atoms with Crippen LogP contribution in [0.4, 0.5) is 0 Å². The number of aromatic nitrogens is 5. The Hall–Kier alpha value is -12.6. The van der Waals surface area contributed by atoms with E-state index in [0.717, 1.165) is 78.2 Å². The summed E-state index contributed by atoms with van der Waals surface area (Å²) in [4.78, 5) is 11.1. The van der Waals surface area contributed by atoms with Crippen LogP contribution in [0.1, 0.15) is 0 Å². The van der Waals surface area contributed by atoms with E-state index < -0.39 is 0 Å². The topological polar surface area (TPSA) is 40.6 Å². The van der Waals surface area contributed by atoms with E-state index in [1.54, 1.807) is 0 Å². The molecule has 0 fully saturated rings. The lowest BCUT2D eigenvalue weighted by molar-refractivity contribution is 1.15. The van der Waals surface area contributed by atoms with E-state index in [2.05, 4.69) is 347 Å². The summed E-state index contributed by atoms with van der Waals surface area (Å²) in [6.45, 7) is 0. The van der Waals surface area contributed by atoms with E-state index in [4.69, 9.17) is 9.97 Å². The Balaban J connectivity index is 0.656. The number of thiophene rings is 3. The van der Waals surface area contributed by atoms with Gasteiger partial charge in [0, 0.05) is 127 Å². The molecule has 7 heterocycles. The highest BCUT2D eigenvalue weighted by Crippen LogP contribution is 2.45. The van der Waals surface area contributed by atoms with Crippen LogP contribution in [0.2, 0.25) is 0 Å². The Bertz CT molecular complexity index is 6960. The van der Waals surface area contributed by atoms with Gasteiger partial charge in [-0.1, -0.05) is 182 Å². The average Bonchev–Trinajstić information content (AvgIpc) is 1.59. The van der Waals surface area contributed by atoms with Crippen molar-refractivity contribution in [2.24, 2.45) is 0 Å². The first-order chi connectivity index (χ1) is 50.5. The number of hydrogen-bond donors (Lipinski definition) is 0. The van der Waals surface area contributed by atoms with Crippen molar-refractivity contribution in [3.05, 3.63) is 334 Å². The average molecular weight is 1350 g/mol. The summed E-state index contributed by atoms with van der Waals surface area (Å²) in [6, 6.07) is 123. The predicted molar refractivity (Wildman–Crippen MR) is 436 cm³/mol. The molecule has 15 aromatic carbocycles. The van der Waals surface area contributed by atoms with E-state index in [0.29, 0.717) is 5.82 Å². The first-order valence-corrected chi connectivity index (χ1v) is 37.0. The minimum absolute atomic E-state index is 0.644. The number of hydrogen-bond acceptors (Lipinski definition) is 5. The lowest BCUT2D eigenvalue weighted by atomic mass is 10.0. The number of fused-ring (bicyclic) bond motifs is 18. The van der Waals surface area contributed by atoms with Crippen LogP contribution in [0.15, 0.2) is 334 Å². The molecule has 7 aromatic heterocycles. The lowest BCUT2D eigenvalue weighted by Gasteiger charge is -2.14. The maximum absolute atomic E-state index is 5.54. The summed E-state index contributed by atoms with van der Waals surface area (Å²) in [5.41, 5.74) is 21.9. The minimum Gasteiger partial charge on any atom is -0.309 e. The van der Waals surface area contributed by atoms with Crippen molar-refractivity contribution in [1.82, 2.24) is 23.7 Å². The van der Waals surface area contributed by atoms with Gasteiger partial charge < -0.3 is 13.7 Å². The molecule has 0 amide bonds. The number of nitrogens with zero attached hydrogens (tertiary/aromatic N) is 5. The van der Waals surface area contributed by atoms with Gasteiger partial charge in [-0.3, -0.25) is 0 Å². The van der Waals surface area contributed by atoms with Gasteiger partial charge in [-0.05, 0) is 185 Å². The third kappa shape index (κ3) is 9.00. The van der Waals surface area contributed by atoms with Crippen molar-refractivity contribution in [1.29, 1.82) is 0 Å². The van der Waals surface area contributed by atoms with Crippen molar-refractivity contribution in [3.63, 3.8) is 0 Å². The van der Waals surface area contributed by atoms with E-state index >= 15 is 0 Å². The molecule has 22 rings (SSSR count). The highest BCUT2D eigenvalue weighted by atomic mass is 32.1. The normalized spacial score (nSPS) is 12.1. The molecule has 0 unspecified atom stereocenters. The molecule has 0 radical (unpaired) electrons. The number of para-hydroxylation sites is 3. The molecule has 102 heavy (non-hydrogen) atoms. The maximum Gasteiger partial charge on any atom is 0.160 e. The van der Waals surface area contributed by atoms with E-state index in [1.807, 2.05) is 34.0 Å². The van der Waals surface area contributed by atoms with Crippen LogP contribution >= 0.6 is 34.0 Å². The fraction of sp³-hybridized carbons (Fsp3) is 0. The molecule has 5 nitrogen and oxygen atoms in total. The van der Waals surface area contributed by atoms with Gasteiger partial charge >= 0.3 is 0 Å². The monoisotopic (exact) mass is 1350 g/mol. The highest BCUT2D eigenvalue weighted by molar-refractivity contribution is 7.26. The van der Waals surface area contributed by atoms with Gasteiger partial charge in [0.25, 0.3) is 0 Å². The molecule has 474 valence electrons. The van der Waals surface area contributed by atoms with Gasteiger partial charge in [0.05, 0.1) is 44.5 Å². The van der Waals surface area contributed by atoms with Gasteiger partial charge in [-0.2, -0.15) is 0 Å². The van der Waals surface area contributed by atoms with Gasteiger partial charge in [-0.15, -0.1) is 34.0 Å². The summed E-state index contributed by atoms with van der Waals surface area (Å²) in [5, 5.41) is 15.1. The van der Waals surface area contributed by atoms with Crippen molar-refractivity contribution in [2.45, 2.75) is 0 Å². The zero-order valence-corrected chi connectivity index (χ0v) is 57.2. The van der Waals surface area contributed by atoms with Crippen LogP contribution in [-0.2, 0) is 0 Å². The maximum atomic E-state index is 5.54. The van der Waals surface area contributed by atoms with Crippen molar-refractivity contribution >= 4 is 160 Å². The zero-order chi connectivity index (χ0) is 66.7. The largest absolute Gasteiger partial charge is 0.309 e. The molecule has 8 heteroatoms. The molecule has 0 saturated carbocycles. The fourth-order valence-corrected chi connectivity index (χ4v) is 19.5. The SMILES string of the molecule is c1cc(-c2nc(-c3ccc(-n4c5ccccc5c5cc(-c6ccc7sc8ccccc8c7c6)ccc54)cc3)cc(-c3ccc(-n4c5ccccc5c5cc(-c6ccc7sc8ccccc8c7c6)ccc54)cc3)n2)cc(-n2c3ccccc3c3cc(-c4ccc5sc6ccccc6c5c4)ccc32)c1. The smallest absolute Gasteiger partial charge is 0.160 e. The summed E-state index contributed by atoms with van der Waals surface area (Å²) < 4.78 is 15.1. The lowest BCUT2D eigenvalue weighted by Crippen LogP contribution is -1.99. The van der Waals surface area contributed by atoms with E-state index in [1.165, 1.54) is 126 Å². The zero-order valence-electron chi connectivity index (χ0n) is 54.7. The molecule has 0 saturated heterocycles. The van der Waals surface area contributed by atoms with Crippen LogP contribution in [0.3, 0.4) is 0 Å². The minimum atomic E-state index is 0.644. The fourth-order valence-electron chi connectivity index (χ4n) is 16.2. The molecular weight excluding hydrogens is 1300 g/mol. The first-order valence-electron chi connectivity index (χ1n) is 34.6. The second kappa shape index (κ2) is 22.5. The van der Waals surface area contributed by atoms with E-state index in [9.17, 15) is 0 Å². The summed E-state index contributed by atoms with van der Waals surface area (Å²) in [7, 11) is 0. The summed E-state index contributed by atoms with van der Waals surface area (Å²) in [6.07, 6.45) is 0. The second-order valence-corrected chi connectivity index (χ2v) is 30.0. The first kappa shape index (κ1) is 57.4. The Morgan fingerprint density at radius 1 is 0.176 bits per heavy atom. The van der Waals surface area contributed by atoms with Crippen LogP contribution in [-0.4, -0.2) is 23.7 Å². The van der Waals surface area contributed by atoms with Crippen molar-refractivity contribution in [2.75, 3.05) is 0 Å². The second-order valence-electron chi connectivity index (χ2n) is 26.8. The molecular formula is C94H55N5S3. The standard InChI is InChI=1S/C94H55N5S3/c1-7-22-82-68(16-1)74-49-58(61-35-45-91-77(52-61)71-19-4-10-25-88(71)100-91)32-42-85(74)97(82)65-38-28-56(29-39-65)80-55-81(57-30-40-66(41-31-57)98-83-23-8-2-17-69(83)75-50-59(33-43-86(75)98)62-36-46-92-78(53-62)72-20-5-11-26-89(72)101-92)96-94(95-80)64-14-13-15-67(48-64)99-84-24-9-3-18-70(84)76-51-60(34-44-87(76)99)63-37-47-93-79(54-63)73-21-6-12-27-90(73)102-93/h1-55H. The Morgan fingerprint density at radius 2 is 0.471 bits per heavy atom. The molecule has 0 aliphatic carbocycles. The van der Waals surface area contributed by atoms with Crippen LogP contribution in [0.5, 0.6) is 0 Å². The number of rotatable bonds is 9. The van der Waals surface area contributed by atoms with Gasteiger partial charge in [0.1, 0.15) is 0 Å². The molecule has 0 atom stereocenters. The Labute approximate surface area is 597 Å². The molecule has 0 aliphatic rings.